The number of furan rings is 1. The summed E-state index contributed by atoms with van der Waals surface area (Å²) in [6, 6.07) is 11.4. The highest BCUT2D eigenvalue weighted by atomic mass is 16.6. The molecular formula is C31H42N2O5. The maximum Gasteiger partial charge on any atom is 0.290 e. The highest BCUT2D eigenvalue weighted by molar-refractivity contribution is 5.81. The maximum atomic E-state index is 6.14. The van der Waals surface area contributed by atoms with Gasteiger partial charge in [0.1, 0.15) is 28.7 Å². The molecule has 0 bridgehead atoms. The monoisotopic (exact) mass is 522 g/mol. The number of methoxy groups -OCH3 is 3. The van der Waals surface area contributed by atoms with E-state index in [0.717, 1.165) is 24.3 Å². The molecule has 2 N–H and O–H groups in total. The maximum absolute atomic E-state index is 6.14. The van der Waals surface area contributed by atoms with Crippen molar-refractivity contribution in [2.45, 2.75) is 46.5 Å². The van der Waals surface area contributed by atoms with Gasteiger partial charge >= 0.3 is 0 Å². The van der Waals surface area contributed by atoms with E-state index in [-0.39, 0.29) is 5.41 Å². The van der Waals surface area contributed by atoms with E-state index >= 15 is 0 Å². The number of rotatable bonds is 8. The Labute approximate surface area is 227 Å². The van der Waals surface area contributed by atoms with Gasteiger partial charge in [0.05, 0.1) is 27.0 Å². The molecule has 0 saturated heterocycles. The second-order valence-electron chi connectivity index (χ2n) is 8.96. The molecule has 0 saturated carbocycles. The SMILES string of the molecule is C=C.C=C(Nc1c(OC)cc(OC)cc1OC)c1ccc(Oc2cc3c(cc2C)NCCC3(C)C)o1.CC. The van der Waals surface area contributed by atoms with Crippen LogP contribution in [-0.2, 0) is 5.41 Å². The summed E-state index contributed by atoms with van der Waals surface area (Å²) < 4.78 is 28.4. The number of benzene rings is 2. The molecule has 0 unspecified atom stereocenters. The number of anilines is 2. The molecule has 0 radical (unpaired) electrons. The summed E-state index contributed by atoms with van der Waals surface area (Å²) in [7, 11) is 4.75. The van der Waals surface area contributed by atoms with Crippen molar-refractivity contribution < 1.29 is 23.4 Å². The first kappa shape index (κ1) is 30.2. The Morgan fingerprint density at radius 1 is 0.947 bits per heavy atom. The highest BCUT2D eigenvalue weighted by Gasteiger charge is 2.28. The topological polar surface area (TPSA) is 74.1 Å². The number of aryl methyl sites for hydroxylation is 1. The van der Waals surface area contributed by atoms with Gasteiger partial charge in [-0.3, -0.25) is 0 Å². The van der Waals surface area contributed by atoms with Crippen LogP contribution in [0.5, 0.6) is 28.9 Å². The average molecular weight is 523 g/mol. The lowest BCUT2D eigenvalue weighted by atomic mass is 9.78. The van der Waals surface area contributed by atoms with E-state index < -0.39 is 0 Å². The van der Waals surface area contributed by atoms with Crippen LogP contribution in [0.2, 0.25) is 0 Å². The summed E-state index contributed by atoms with van der Waals surface area (Å²) in [5.41, 5.74) is 4.68. The van der Waals surface area contributed by atoms with Gasteiger partial charge in [-0.25, -0.2) is 0 Å². The summed E-state index contributed by atoms with van der Waals surface area (Å²) in [4.78, 5) is 0. The van der Waals surface area contributed by atoms with Crippen LogP contribution in [0.15, 0.2) is 60.6 Å². The molecule has 206 valence electrons. The lowest BCUT2D eigenvalue weighted by Gasteiger charge is -2.34. The van der Waals surface area contributed by atoms with Crippen molar-refractivity contribution in [1.29, 1.82) is 0 Å². The largest absolute Gasteiger partial charge is 0.496 e. The van der Waals surface area contributed by atoms with E-state index in [1.54, 1.807) is 39.5 Å². The Morgan fingerprint density at radius 3 is 2.16 bits per heavy atom. The van der Waals surface area contributed by atoms with Gasteiger partial charge in [0.2, 0.25) is 0 Å². The molecule has 7 nitrogen and oxygen atoms in total. The third-order valence-corrected chi connectivity index (χ3v) is 6.19. The minimum absolute atomic E-state index is 0.0788. The van der Waals surface area contributed by atoms with Gasteiger partial charge in [-0.1, -0.05) is 34.3 Å². The zero-order valence-electron chi connectivity index (χ0n) is 24.0. The molecule has 0 aliphatic carbocycles. The van der Waals surface area contributed by atoms with Gasteiger partial charge in [0.15, 0.2) is 5.76 Å². The number of nitrogens with one attached hydrogen (secondary N) is 2. The van der Waals surface area contributed by atoms with Gasteiger partial charge in [-0.2, -0.15) is 0 Å². The van der Waals surface area contributed by atoms with Crippen LogP contribution in [0.1, 0.15) is 51.0 Å². The van der Waals surface area contributed by atoms with Gasteiger partial charge in [-0.15, -0.1) is 13.2 Å². The average Bonchev–Trinajstić information content (AvgIpc) is 3.40. The van der Waals surface area contributed by atoms with Crippen molar-refractivity contribution in [1.82, 2.24) is 0 Å². The zero-order valence-corrected chi connectivity index (χ0v) is 24.0. The number of hydrogen-bond donors (Lipinski definition) is 2. The molecule has 1 aliphatic heterocycles. The molecular weight excluding hydrogens is 480 g/mol. The summed E-state index contributed by atoms with van der Waals surface area (Å²) in [6.07, 6.45) is 1.07. The molecule has 1 aliphatic rings. The number of fused-ring (bicyclic) bond motifs is 1. The Hall–Kier alpha value is -4.00. The minimum Gasteiger partial charge on any atom is -0.496 e. The first-order valence-electron chi connectivity index (χ1n) is 12.7. The Morgan fingerprint density at radius 2 is 1.58 bits per heavy atom. The molecule has 0 amide bonds. The zero-order chi connectivity index (χ0) is 28.5. The van der Waals surface area contributed by atoms with Crippen molar-refractivity contribution in [2.75, 3.05) is 38.5 Å². The Kier molecular flexibility index (Phi) is 10.8. The van der Waals surface area contributed by atoms with Crippen molar-refractivity contribution >= 4 is 17.1 Å². The quantitative estimate of drug-likeness (QED) is 0.288. The van der Waals surface area contributed by atoms with Gasteiger partial charge in [0.25, 0.3) is 5.95 Å². The first-order valence-corrected chi connectivity index (χ1v) is 12.7. The molecule has 2 heterocycles. The molecule has 4 rings (SSSR count). The minimum atomic E-state index is 0.0788. The smallest absolute Gasteiger partial charge is 0.290 e. The van der Waals surface area contributed by atoms with E-state index in [0.29, 0.717) is 40.3 Å². The van der Waals surface area contributed by atoms with E-state index in [4.69, 9.17) is 23.4 Å². The van der Waals surface area contributed by atoms with Crippen molar-refractivity contribution in [3.63, 3.8) is 0 Å². The molecule has 0 fully saturated rings. The van der Waals surface area contributed by atoms with E-state index in [1.807, 2.05) is 26.8 Å². The number of hydrogen-bond acceptors (Lipinski definition) is 7. The van der Waals surface area contributed by atoms with Crippen LogP contribution in [0.3, 0.4) is 0 Å². The summed E-state index contributed by atoms with van der Waals surface area (Å²) >= 11 is 0. The molecule has 2 aromatic carbocycles. The Balaban J connectivity index is 0.00000121. The van der Waals surface area contributed by atoms with Crippen LogP contribution < -0.4 is 29.6 Å². The van der Waals surface area contributed by atoms with Gasteiger partial charge < -0.3 is 34.0 Å². The lowest BCUT2D eigenvalue weighted by Crippen LogP contribution is -2.28. The lowest BCUT2D eigenvalue weighted by molar-refractivity contribution is 0.340. The molecule has 3 aromatic rings. The third kappa shape index (κ3) is 6.65. The van der Waals surface area contributed by atoms with Crippen LogP contribution in [-0.4, -0.2) is 27.9 Å². The van der Waals surface area contributed by atoms with Crippen molar-refractivity contribution in [3.05, 3.63) is 73.0 Å². The predicted octanol–water partition coefficient (Wildman–Crippen LogP) is 8.41. The second-order valence-corrected chi connectivity index (χ2v) is 8.96. The van der Waals surface area contributed by atoms with Crippen LogP contribution in [0.25, 0.3) is 5.70 Å². The summed E-state index contributed by atoms with van der Waals surface area (Å²) in [5, 5.41) is 6.72. The van der Waals surface area contributed by atoms with E-state index in [1.165, 1.54) is 11.3 Å². The molecule has 1 aromatic heterocycles. The first-order chi connectivity index (χ1) is 18.2. The fourth-order valence-electron chi connectivity index (χ4n) is 4.14. The fraction of sp³-hybridized carbons (Fsp3) is 0.355. The van der Waals surface area contributed by atoms with Crippen LogP contribution >= 0.6 is 0 Å². The van der Waals surface area contributed by atoms with Crippen LogP contribution in [0, 0.1) is 6.92 Å². The molecule has 38 heavy (non-hydrogen) atoms. The highest BCUT2D eigenvalue weighted by Crippen LogP contribution is 2.42. The predicted molar refractivity (Wildman–Crippen MR) is 157 cm³/mol. The van der Waals surface area contributed by atoms with Gasteiger partial charge in [-0.05, 0) is 48.1 Å². The Bertz CT molecular complexity index is 1200. The number of ether oxygens (including phenoxy) is 4. The van der Waals surface area contributed by atoms with Crippen molar-refractivity contribution in [3.8, 4) is 28.9 Å². The van der Waals surface area contributed by atoms with Crippen LogP contribution in [0.4, 0.5) is 11.4 Å². The van der Waals surface area contributed by atoms with E-state index in [2.05, 4.69) is 56.4 Å². The third-order valence-electron chi connectivity index (χ3n) is 6.19. The molecule has 0 atom stereocenters. The molecule has 7 heteroatoms. The standard InChI is InChI=1S/C27H32N2O5.C2H6.C2H4/c1-16-12-20-19(27(3,4)10-11-28-20)15-22(16)34-25-9-8-21(33-25)17(2)29-26-23(31-6)13-18(30-5)14-24(26)32-7;2*1-2/h8-9,12-15,28-29H,2,10-11H2,1,3-7H3;1-2H3;1-2H2. The normalized spacial score (nSPS) is 12.7. The summed E-state index contributed by atoms with van der Waals surface area (Å²) in [5.74, 6) is 3.43. The van der Waals surface area contributed by atoms with Gasteiger partial charge in [0, 0.05) is 30.4 Å². The summed E-state index contributed by atoms with van der Waals surface area (Å²) in [6.45, 7) is 21.6. The molecule has 0 spiro atoms. The second kappa shape index (κ2) is 13.5. The fourth-order valence-corrected chi connectivity index (χ4v) is 4.14. The van der Waals surface area contributed by atoms with Crippen molar-refractivity contribution in [2.24, 2.45) is 0 Å². The van der Waals surface area contributed by atoms with E-state index in [9.17, 15) is 0 Å².